The van der Waals surface area contributed by atoms with Crippen molar-refractivity contribution in [1.82, 2.24) is 9.80 Å². The van der Waals surface area contributed by atoms with Gasteiger partial charge in [-0.1, -0.05) is 0 Å². The molecule has 1 aromatic heterocycles. The lowest BCUT2D eigenvalue weighted by molar-refractivity contribution is -0.147. The van der Waals surface area contributed by atoms with Gasteiger partial charge in [-0.15, -0.1) is 0 Å². The summed E-state index contributed by atoms with van der Waals surface area (Å²) in [6.45, 7) is 2.78. The lowest BCUT2D eigenvalue weighted by atomic mass is 9.99. The second kappa shape index (κ2) is 5.33. The maximum absolute atomic E-state index is 12.9. The van der Waals surface area contributed by atoms with Gasteiger partial charge >= 0.3 is 12.0 Å². The number of hydrogen-bond acceptors (Lipinski definition) is 3. The maximum Gasteiger partial charge on any atom is 0.329 e. The van der Waals surface area contributed by atoms with Crippen LogP contribution in [0.5, 0.6) is 0 Å². The van der Waals surface area contributed by atoms with Crippen LogP contribution in [0, 0.1) is 0 Å². The number of rotatable bonds is 4. The van der Waals surface area contributed by atoms with Crippen molar-refractivity contribution >= 4 is 23.3 Å². The Balaban J connectivity index is 1.79. The lowest BCUT2D eigenvalue weighted by Crippen LogP contribution is -2.55. The molecule has 1 saturated heterocycles. The number of nitrogens with zero attached hydrogens (tertiary/aromatic N) is 2. The van der Waals surface area contributed by atoms with E-state index in [-0.39, 0.29) is 12.1 Å². The number of aliphatic carboxylic acids is 1. The van der Waals surface area contributed by atoms with Crippen LogP contribution in [0.4, 0.5) is 4.79 Å². The first-order valence-corrected chi connectivity index (χ1v) is 8.29. The third-order valence-electron chi connectivity index (χ3n) is 4.50. The van der Waals surface area contributed by atoms with E-state index < -0.39 is 11.5 Å². The summed E-state index contributed by atoms with van der Waals surface area (Å²) in [7, 11) is 0. The predicted octanol–water partition coefficient (Wildman–Crippen LogP) is 2.77. The first kappa shape index (κ1) is 14.4. The van der Waals surface area contributed by atoms with E-state index in [4.69, 9.17) is 0 Å². The number of carboxylic acids is 1. The van der Waals surface area contributed by atoms with Crippen LogP contribution in [0.3, 0.4) is 0 Å². The number of carboxylic acid groups (broad SMARTS) is 1. The summed E-state index contributed by atoms with van der Waals surface area (Å²) in [6, 6.07) is 2.18. The molecule has 114 valence electrons. The summed E-state index contributed by atoms with van der Waals surface area (Å²) in [5, 5.41) is 13.5. The number of likely N-dealkylation sites (tertiary alicyclic amines) is 1. The van der Waals surface area contributed by atoms with E-state index in [0.29, 0.717) is 19.5 Å². The van der Waals surface area contributed by atoms with Crippen molar-refractivity contribution in [1.29, 1.82) is 0 Å². The van der Waals surface area contributed by atoms with Crippen LogP contribution < -0.4 is 0 Å². The topological polar surface area (TPSA) is 60.9 Å². The quantitative estimate of drug-likeness (QED) is 0.930. The lowest BCUT2D eigenvalue weighted by Gasteiger charge is -2.36. The maximum atomic E-state index is 12.9. The molecule has 1 saturated carbocycles. The van der Waals surface area contributed by atoms with Gasteiger partial charge < -0.3 is 14.9 Å². The van der Waals surface area contributed by atoms with E-state index in [9.17, 15) is 14.7 Å². The second-order valence-corrected chi connectivity index (χ2v) is 6.89. The zero-order chi connectivity index (χ0) is 15.0. The molecule has 2 aliphatic rings. The summed E-state index contributed by atoms with van der Waals surface area (Å²) in [5.74, 6) is -0.903. The molecule has 3 rings (SSSR count). The van der Waals surface area contributed by atoms with Gasteiger partial charge in [-0.25, -0.2) is 9.59 Å². The molecule has 0 bridgehead atoms. The molecule has 0 radical (unpaired) electrons. The number of hydrogen-bond donors (Lipinski definition) is 1. The van der Waals surface area contributed by atoms with Crippen LogP contribution in [0.1, 0.15) is 38.2 Å². The Kier molecular flexibility index (Phi) is 3.65. The summed E-state index contributed by atoms with van der Waals surface area (Å²) in [6.07, 6.45) is 3.33. The zero-order valence-corrected chi connectivity index (χ0v) is 12.9. The van der Waals surface area contributed by atoms with Gasteiger partial charge in [0.25, 0.3) is 0 Å². The van der Waals surface area contributed by atoms with E-state index in [0.717, 1.165) is 24.8 Å². The van der Waals surface area contributed by atoms with Crippen molar-refractivity contribution in [3.05, 3.63) is 22.4 Å². The number of urea groups is 1. The predicted molar refractivity (Wildman–Crippen MR) is 80.3 cm³/mol. The van der Waals surface area contributed by atoms with Gasteiger partial charge in [-0.3, -0.25) is 0 Å². The normalized spacial score (nSPS) is 25.1. The third kappa shape index (κ3) is 2.64. The Morgan fingerprint density at radius 2 is 2.29 bits per heavy atom. The average molecular weight is 308 g/mol. The molecule has 1 N–H and O–H groups in total. The first-order valence-electron chi connectivity index (χ1n) is 7.35. The minimum Gasteiger partial charge on any atom is -0.480 e. The van der Waals surface area contributed by atoms with Crippen molar-refractivity contribution in [2.45, 2.75) is 50.7 Å². The molecule has 2 heterocycles. The van der Waals surface area contributed by atoms with Gasteiger partial charge in [0.05, 0.1) is 0 Å². The highest BCUT2D eigenvalue weighted by atomic mass is 32.1. The summed E-state index contributed by atoms with van der Waals surface area (Å²) in [4.78, 5) is 27.8. The molecule has 1 atom stereocenters. The van der Waals surface area contributed by atoms with Crippen molar-refractivity contribution in [2.24, 2.45) is 0 Å². The van der Waals surface area contributed by atoms with Crippen LogP contribution in [-0.2, 0) is 11.3 Å². The molecule has 2 amide bonds. The Morgan fingerprint density at radius 1 is 1.52 bits per heavy atom. The van der Waals surface area contributed by atoms with E-state index in [1.165, 1.54) is 0 Å². The van der Waals surface area contributed by atoms with Gasteiger partial charge in [0, 0.05) is 19.1 Å². The minimum absolute atomic E-state index is 0.119. The van der Waals surface area contributed by atoms with Gasteiger partial charge in [0.1, 0.15) is 5.54 Å². The Morgan fingerprint density at radius 3 is 2.86 bits per heavy atom. The highest BCUT2D eigenvalue weighted by Crippen LogP contribution is 2.35. The monoisotopic (exact) mass is 308 g/mol. The van der Waals surface area contributed by atoms with Crippen molar-refractivity contribution in [2.75, 3.05) is 6.54 Å². The van der Waals surface area contributed by atoms with Crippen LogP contribution in [0.15, 0.2) is 16.8 Å². The number of thiophene rings is 1. The van der Waals surface area contributed by atoms with Gasteiger partial charge in [-0.2, -0.15) is 11.3 Å². The highest BCUT2D eigenvalue weighted by molar-refractivity contribution is 7.07. The van der Waals surface area contributed by atoms with Crippen molar-refractivity contribution in [3.63, 3.8) is 0 Å². The number of carbonyl (C=O) groups is 2. The van der Waals surface area contributed by atoms with Crippen LogP contribution >= 0.6 is 11.3 Å². The van der Waals surface area contributed by atoms with Crippen LogP contribution in [-0.4, -0.2) is 45.0 Å². The largest absolute Gasteiger partial charge is 0.480 e. The minimum atomic E-state index is -1.06. The highest BCUT2D eigenvalue weighted by Gasteiger charge is 2.48. The van der Waals surface area contributed by atoms with E-state index in [2.05, 4.69) is 0 Å². The average Bonchev–Trinajstić information content (AvgIpc) is 3.00. The fraction of sp³-hybridized carbons (Fsp3) is 0.600. The molecule has 0 aromatic carbocycles. The first-order chi connectivity index (χ1) is 10.0. The SMILES string of the molecule is CC1(C(=O)O)CCCN1C(=O)N(Cc1ccsc1)C1CC1. The van der Waals surface area contributed by atoms with Gasteiger partial charge in [-0.05, 0) is 55.0 Å². The molecule has 1 aromatic rings. The summed E-state index contributed by atoms with van der Waals surface area (Å²) >= 11 is 1.62. The molecular formula is C15H20N2O3S. The molecule has 2 fully saturated rings. The zero-order valence-electron chi connectivity index (χ0n) is 12.1. The number of carbonyl (C=O) groups excluding carboxylic acids is 1. The van der Waals surface area contributed by atoms with Crippen LogP contribution in [0.2, 0.25) is 0 Å². The van der Waals surface area contributed by atoms with Gasteiger partial charge in [0.15, 0.2) is 0 Å². The molecule has 1 aliphatic carbocycles. The Hall–Kier alpha value is -1.56. The molecule has 5 nitrogen and oxygen atoms in total. The molecule has 1 unspecified atom stereocenters. The Bertz CT molecular complexity index is 541. The summed E-state index contributed by atoms with van der Waals surface area (Å²) in [5.41, 5.74) is 0.0651. The molecule has 0 spiro atoms. The van der Waals surface area contributed by atoms with E-state index >= 15 is 0 Å². The summed E-state index contributed by atoms with van der Waals surface area (Å²) < 4.78 is 0. The molecule has 6 heteroatoms. The van der Waals surface area contributed by atoms with E-state index in [1.54, 1.807) is 23.2 Å². The fourth-order valence-electron chi connectivity index (χ4n) is 2.97. The van der Waals surface area contributed by atoms with Crippen molar-refractivity contribution in [3.8, 4) is 0 Å². The number of amides is 2. The van der Waals surface area contributed by atoms with Crippen molar-refractivity contribution < 1.29 is 14.7 Å². The third-order valence-corrected chi connectivity index (χ3v) is 5.23. The fourth-order valence-corrected chi connectivity index (χ4v) is 3.63. The van der Waals surface area contributed by atoms with Gasteiger partial charge in [0.2, 0.25) is 0 Å². The second-order valence-electron chi connectivity index (χ2n) is 6.11. The molecule has 21 heavy (non-hydrogen) atoms. The molecular weight excluding hydrogens is 288 g/mol. The smallest absolute Gasteiger partial charge is 0.329 e. The van der Waals surface area contributed by atoms with Crippen LogP contribution in [0.25, 0.3) is 0 Å². The standard InChI is InChI=1S/C15H20N2O3S/c1-15(13(18)19)6-2-7-17(15)14(20)16(12-3-4-12)9-11-5-8-21-10-11/h5,8,10,12H,2-4,6-7,9H2,1H3,(H,18,19). The molecule has 1 aliphatic heterocycles. The van der Waals surface area contributed by atoms with E-state index in [1.807, 2.05) is 21.7 Å². The Labute approximate surface area is 128 Å².